The standard InChI is InChI=1S/C17H13ClF3N4O/c1-11-23-24-15(10-18)25(11,17(19,20)21)14-8-3-2-6-12(14)16(26)13-7-4-5-9-22-13/h2-9H,10H2,1H3/q+1. The van der Waals surface area contributed by atoms with Gasteiger partial charge in [0.15, 0.2) is 5.69 Å². The van der Waals surface area contributed by atoms with Gasteiger partial charge in [-0.25, -0.2) is 0 Å². The molecule has 0 amide bonds. The number of benzene rings is 1. The number of alkyl halides is 4. The van der Waals surface area contributed by atoms with Crippen LogP contribution >= 0.6 is 11.6 Å². The molecule has 9 heteroatoms. The molecule has 0 saturated heterocycles. The zero-order chi connectivity index (χ0) is 18.9. The van der Waals surface area contributed by atoms with E-state index in [1.807, 2.05) is 0 Å². The fourth-order valence-corrected chi connectivity index (χ4v) is 3.17. The number of carbonyl (C=O) groups excluding carboxylic acids is 1. The Morgan fingerprint density at radius 3 is 2.42 bits per heavy atom. The third-order valence-electron chi connectivity index (χ3n) is 4.09. The minimum absolute atomic E-state index is 0.0402. The maximum absolute atomic E-state index is 14.3. The molecular weight excluding hydrogens is 369 g/mol. The van der Waals surface area contributed by atoms with Crippen molar-refractivity contribution in [3.63, 3.8) is 0 Å². The molecule has 26 heavy (non-hydrogen) atoms. The Balaban J connectivity index is 2.28. The highest BCUT2D eigenvalue weighted by atomic mass is 35.5. The first-order valence-corrected chi connectivity index (χ1v) is 8.07. The predicted octanol–water partition coefficient (Wildman–Crippen LogP) is 4.12. The van der Waals surface area contributed by atoms with Gasteiger partial charge >= 0.3 is 6.30 Å². The molecule has 134 valence electrons. The maximum Gasteiger partial charge on any atom is 0.578 e. The van der Waals surface area contributed by atoms with Crippen LogP contribution in [-0.4, -0.2) is 34.6 Å². The van der Waals surface area contributed by atoms with Crippen LogP contribution in [0.2, 0.25) is 0 Å². The molecule has 1 atom stereocenters. The number of hydrogen-bond acceptors (Lipinski definition) is 4. The highest BCUT2D eigenvalue weighted by Gasteiger charge is 2.66. The predicted molar refractivity (Wildman–Crippen MR) is 93.2 cm³/mol. The van der Waals surface area contributed by atoms with Gasteiger partial charge in [-0.1, -0.05) is 28.4 Å². The van der Waals surface area contributed by atoms with E-state index in [1.54, 1.807) is 12.1 Å². The molecule has 1 aromatic carbocycles. The Kier molecular flexibility index (Phi) is 4.64. The number of halogens is 4. The second-order valence-electron chi connectivity index (χ2n) is 5.50. The second kappa shape index (κ2) is 6.62. The van der Waals surface area contributed by atoms with Crippen LogP contribution in [0.25, 0.3) is 0 Å². The van der Waals surface area contributed by atoms with Gasteiger partial charge in [-0.05, 0) is 18.2 Å². The summed E-state index contributed by atoms with van der Waals surface area (Å²) >= 11 is 5.75. The number of ketones is 1. The average Bonchev–Trinajstić information content (AvgIpc) is 2.99. The van der Waals surface area contributed by atoms with Crippen LogP contribution in [0.1, 0.15) is 23.0 Å². The van der Waals surface area contributed by atoms with Gasteiger partial charge in [0.05, 0.1) is 5.56 Å². The fourth-order valence-electron chi connectivity index (χ4n) is 2.94. The first-order chi connectivity index (χ1) is 12.3. The number of para-hydroxylation sites is 1. The van der Waals surface area contributed by atoms with Gasteiger partial charge in [0.1, 0.15) is 11.6 Å². The van der Waals surface area contributed by atoms with Crippen LogP contribution < -0.4 is 4.48 Å². The molecule has 3 rings (SSSR count). The summed E-state index contributed by atoms with van der Waals surface area (Å²) < 4.78 is 41.0. The lowest BCUT2D eigenvalue weighted by molar-refractivity contribution is -0.188. The first kappa shape index (κ1) is 18.2. The zero-order valence-corrected chi connectivity index (χ0v) is 14.3. The number of carbonyl (C=O) groups is 1. The van der Waals surface area contributed by atoms with Crippen molar-refractivity contribution in [3.8, 4) is 0 Å². The molecule has 1 aliphatic rings. The van der Waals surface area contributed by atoms with Crippen molar-refractivity contribution in [1.82, 2.24) is 9.47 Å². The Morgan fingerprint density at radius 1 is 1.12 bits per heavy atom. The van der Waals surface area contributed by atoms with Gasteiger partial charge in [0, 0.05) is 19.2 Å². The largest absolute Gasteiger partial charge is 0.578 e. The van der Waals surface area contributed by atoms with Crippen LogP contribution in [0.5, 0.6) is 0 Å². The number of aromatic nitrogens is 1. The lowest BCUT2D eigenvalue weighted by Crippen LogP contribution is -2.65. The second-order valence-corrected chi connectivity index (χ2v) is 5.76. The van der Waals surface area contributed by atoms with Crippen LogP contribution in [0.15, 0.2) is 58.9 Å². The van der Waals surface area contributed by atoms with Gasteiger partial charge in [-0.15, -0.1) is 29.3 Å². The number of pyridine rings is 1. The summed E-state index contributed by atoms with van der Waals surface area (Å²) in [6.07, 6.45) is -3.43. The number of nitrogens with zero attached hydrogens (tertiary/aromatic N) is 4. The highest BCUT2D eigenvalue weighted by molar-refractivity contribution is 6.34. The Bertz CT molecular complexity index is 912. The van der Waals surface area contributed by atoms with Gasteiger partial charge in [-0.3, -0.25) is 9.78 Å². The van der Waals surface area contributed by atoms with Crippen molar-refractivity contribution in [1.29, 1.82) is 0 Å². The van der Waals surface area contributed by atoms with E-state index in [4.69, 9.17) is 11.6 Å². The SMILES string of the molecule is CC1=NN=C(CCl)[N+]1(c1ccccc1C(=O)c1ccccn1)C(F)(F)F. The van der Waals surface area contributed by atoms with Crippen LogP contribution in [0.3, 0.4) is 0 Å². The normalized spacial score (nSPS) is 19.9. The maximum atomic E-state index is 14.3. The topological polar surface area (TPSA) is 54.7 Å². The van der Waals surface area contributed by atoms with Crippen molar-refractivity contribution < 1.29 is 18.0 Å². The van der Waals surface area contributed by atoms with E-state index < -0.39 is 28.3 Å². The Labute approximate surface area is 152 Å². The number of amidine groups is 2. The zero-order valence-electron chi connectivity index (χ0n) is 13.5. The van der Waals surface area contributed by atoms with Gasteiger partial charge in [-0.2, -0.15) is 0 Å². The van der Waals surface area contributed by atoms with Gasteiger partial charge in [0.2, 0.25) is 11.6 Å². The summed E-state index contributed by atoms with van der Waals surface area (Å²) in [5.41, 5.74) is -0.412. The third kappa shape index (κ3) is 2.62. The van der Waals surface area contributed by atoms with Gasteiger partial charge in [0.25, 0.3) is 5.84 Å². The van der Waals surface area contributed by atoms with E-state index in [-0.39, 0.29) is 22.8 Å². The molecule has 0 saturated carbocycles. The van der Waals surface area contributed by atoms with E-state index in [2.05, 4.69) is 15.2 Å². The van der Waals surface area contributed by atoms with Crippen molar-refractivity contribution in [3.05, 3.63) is 59.9 Å². The highest BCUT2D eigenvalue weighted by Crippen LogP contribution is 2.43. The number of quaternary nitrogens is 1. The van der Waals surface area contributed by atoms with E-state index in [0.29, 0.717) is 0 Å². The molecule has 1 unspecified atom stereocenters. The summed E-state index contributed by atoms with van der Waals surface area (Å²) in [4.78, 5) is 16.8. The summed E-state index contributed by atoms with van der Waals surface area (Å²) in [6, 6.07) is 10.1. The average molecular weight is 382 g/mol. The molecule has 5 nitrogen and oxygen atoms in total. The fraction of sp³-hybridized carbons (Fsp3) is 0.176. The van der Waals surface area contributed by atoms with Crippen LogP contribution in [0.4, 0.5) is 18.9 Å². The molecule has 0 radical (unpaired) electrons. The molecule has 0 fully saturated rings. The van der Waals surface area contributed by atoms with Crippen LogP contribution in [0, 0.1) is 0 Å². The summed E-state index contributed by atoms with van der Waals surface area (Å²) in [5.74, 6) is -1.88. The summed E-state index contributed by atoms with van der Waals surface area (Å²) in [7, 11) is 0. The molecule has 0 spiro atoms. The number of hydrogen-bond donors (Lipinski definition) is 0. The monoisotopic (exact) mass is 381 g/mol. The minimum Gasteiger partial charge on any atom is -0.287 e. The first-order valence-electron chi connectivity index (χ1n) is 7.53. The molecule has 0 N–H and O–H groups in total. The minimum atomic E-state index is -4.84. The van der Waals surface area contributed by atoms with Gasteiger partial charge < -0.3 is 0 Å². The molecule has 0 bridgehead atoms. The Hall–Kier alpha value is -2.58. The third-order valence-corrected chi connectivity index (χ3v) is 4.33. The van der Waals surface area contributed by atoms with Crippen molar-refractivity contribution >= 4 is 34.7 Å². The molecule has 2 heterocycles. The molecular formula is C17H13ClF3N4O+. The van der Waals surface area contributed by atoms with E-state index in [9.17, 15) is 18.0 Å². The van der Waals surface area contributed by atoms with E-state index in [1.165, 1.54) is 43.5 Å². The molecule has 1 aliphatic heterocycles. The summed E-state index contributed by atoms with van der Waals surface area (Å²) in [6.45, 7) is 1.21. The molecule has 2 aromatic rings. The quantitative estimate of drug-likeness (QED) is 0.346. The van der Waals surface area contributed by atoms with Crippen molar-refractivity contribution in [2.24, 2.45) is 10.2 Å². The molecule has 1 aromatic heterocycles. The Morgan fingerprint density at radius 2 is 1.81 bits per heavy atom. The number of rotatable bonds is 4. The van der Waals surface area contributed by atoms with E-state index >= 15 is 0 Å². The van der Waals surface area contributed by atoms with Crippen molar-refractivity contribution in [2.45, 2.75) is 13.2 Å². The summed E-state index contributed by atoms with van der Waals surface area (Å²) in [5, 5.41) is 7.21. The lowest BCUT2D eigenvalue weighted by Gasteiger charge is -2.34. The lowest BCUT2D eigenvalue weighted by atomic mass is 10.0. The van der Waals surface area contributed by atoms with Crippen LogP contribution in [-0.2, 0) is 0 Å². The van der Waals surface area contributed by atoms with E-state index in [0.717, 1.165) is 0 Å². The smallest absolute Gasteiger partial charge is 0.287 e. The molecule has 0 aliphatic carbocycles. The van der Waals surface area contributed by atoms with Crippen molar-refractivity contribution in [2.75, 3.05) is 5.88 Å².